The molecule has 0 bridgehead atoms. The van der Waals surface area contributed by atoms with Crippen LogP contribution in [-0.4, -0.2) is 32.5 Å². The van der Waals surface area contributed by atoms with Crippen molar-refractivity contribution in [3.05, 3.63) is 0 Å². The number of sulfone groups is 1. The molecule has 0 amide bonds. The molecule has 5 heteroatoms. The molecule has 0 saturated heterocycles. The van der Waals surface area contributed by atoms with Gasteiger partial charge in [0.2, 0.25) is 0 Å². The predicted molar refractivity (Wildman–Crippen MR) is 40.9 cm³/mol. The molecule has 0 atom stereocenters. The standard InChI is InChI=1S/C6H12O4S/c1-6(2,10-5-7)4-11(3,8)9/h5H,4H2,1-3H3. The van der Waals surface area contributed by atoms with Gasteiger partial charge < -0.3 is 4.74 Å². The minimum absolute atomic E-state index is 0.154. The fourth-order valence-corrected chi connectivity index (χ4v) is 2.13. The van der Waals surface area contributed by atoms with Crippen LogP contribution in [0.15, 0.2) is 0 Å². The summed E-state index contributed by atoms with van der Waals surface area (Å²) in [7, 11) is -3.09. The van der Waals surface area contributed by atoms with Gasteiger partial charge in [-0.1, -0.05) is 0 Å². The minimum Gasteiger partial charge on any atom is -0.461 e. The van der Waals surface area contributed by atoms with Crippen molar-refractivity contribution in [2.45, 2.75) is 19.4 Å². The number of rotatable bonds is 4. The molecule has 0 aliphatic rings. The summed E-state index contributed by atoms with van der Waals surface area (Å²) in [6.07, 6.45) is 1.10. The second-order valence-electron chi connectivity index (χ2n) is 3.04. The highest BCUT2D eigenvalue weighted by atomic mass is 32.2. The zero-order valence-corrected chi connectivity index (χ0v) is 7.64. The molecular formula is C6H12O4S. The first kappa shape index (κ1) is 10.4. The summed E-state index contributed by atoms with van der Waals surface area (Å²) >= 11 is 0. The van der Waals surface area contributed by atoms with E-state index in [0.29, 0.717) is 0 Å². The van der Waals surface area contributed by atoms with Gasteiger partial charge in [0.25, 0.3) is 6.47 Å². The molecule has 66 valence electrons. The second kappa shape index (κ2) is 3.21. The van der Waals surface area contributed by atoms with Crippen molar-refractivity contribution in [3.8, 4) is 0 Å². The highest BCUT2D eigenvalue weighted by Crippen LogP contribution is 2.09. The van der Waals surface area contributed by atoms with Gasteiger partial charge in [-0.05, 0) is 13.8 Å². The van der Waals surface area contributed by atoms with Crippen molar-refractivity contribution >= 4 is 16.3 Å². The molecule has 0 saturated carbocycles. The number of hydrogen-bond donors (Lipinski definition) is 0. The van der Waals surface area contributed by atoms with Crippen molar-refractivity contribution in [2.75, 3.05) is 12.0 Å². The van der Waals surface area contributed by atoms with E-state index in [1.165, 1.54) is 0 Å². The van der Waals surface area contributed by atoms with E-state index in [1.807, 2.05) is 0 Å². The Kier molecular flexibility index (Phi) is 3.04. The monoisotopic (exact) mass is 180 g/mol. The summed E-state index contributed by atoms with van der Waals surface area (Å²) in [4.78, 5) is 9.89. The van der Waals surface area contributed by atoms with Crippen LogP contribution in [0.5, 0.6) is 0 Å². The lowest BCUT2D eigenvalue weighted by Crippen LogP contribution is -2.32. The van der Waals surface area contributed by atoms with Crippen LogP contribution < -0.4 is 0 Å². The maximum Gasteiger partial charge on any atom is 0.293 e. The molecule has 0 aromatic carbocycles. The quantitative estimate of drug-likeness (QED) is 0.570. The Morgan fingerprint density at radius 3 is 2.18 bits per heavy atom. The van der Waals surface area contributed by atoms with Gasteiger partial charge in [-0.15, -0.1) is 0 Å². The van der Waals surface area contributed by atoms with Crippen LogP contribution in [0.3, 0.4) is 0 Å². The largest absolute Gasteiger partial charge is 0.461 e. The van der Waals surface area contributed by atoms with E-state index in [4.69, 9.17) is 0 Å². The Balaban J connectivity index is 4.24. The molecule has 0 aliphatic heterocycles. The van der Waals surface area contributed by atoms with Crippen LogP contribution in [0.25, 0.3) is 0 Å². The third-order valence-corrected chi connectivity index (χ3v) is 2.20. The highest BCUT2D eigenvalue weighted by Gasteiger charge is 2.24. The van der Waals surface area contributed by atoms with Gasteiger partial charge in [0, 0.05) is 6.26 Å². The van der Waals surface area contributed by atoms with Crippen molar-refractivity contribution in [3.63, 3.8) is 0 Å². The molecule has 0 rings (SSSR count). The third kappa shape index (κ3) is 5.84. The van der Waals surface area contributed by atoms with Gasteiger partial charge in [-0.25, -0.2) is 8.42 Å². The fourth-order valence-electron chi connectivity index (χ4n) is 0.796. The van der Waals surface area contributed by atoms with Gasteiger partial charge in [0.1, 0.15) is 5.60 Å². The fraction of sp³-hybridized carbons (Fsp3) is 0.833. The van der Waals surface area contributed by atoms with Crippen LogP contribution in [0.1, 0.15) is 13.8 Å². The smallest absolute Gasteiger partial charge is 0.293 e. The number of carbonyl (C=O) groups excluding carboxylic acids is 1. The van der Waals surface area contributed by atoms with E-state index in [2.05, 4.69) is 4.74 Å². The molecule has 4 nitrogen and oxygen atoms in total. The van der Waals surface area contributed by atoms with Crippen LogP contribution in [-0.2, 0) is 19.4 Å². The van der Waals surface area contributed by atoms with Gasteiger partial charge in [-0.3, -0.25) is 4.79 Å². The Morgan fingerprint density at radius 1 is 1.45 bits per heavy atom. The van der Waals surface area contributed by atoms with Gasteiger partial charge in [-0.2, -0.15) is 0 Å². The average molecular weight is 180 g/mol. The van der Waals surface area contributed by atoms with Crippen LogP contribution >= 0.6 is 0 Å². The first-order chi connectivity index (χ1) is 4.77. The summed E-state index contributed by atoms with van der Waals surface area (Å²) in [6.45, 7) is 3.34. The Labute approximate surface area is 66.5 Å². The molecule has 0 aromatic heterocycles. The predicted octanol–water partition coefficient (Wildman–Crippen LogP) is -0.0174. The van der Waals surface area contributed by atoms with Gasteiger partial charge in [0.05, 0.1) is 5.75 Å². The van der Waals surface area contributed by atoms with Crippen molar-refractivity contribution in [2.24, 2.45) is 0 Å². The highest BCUT2D eigenvalue weighted by molar-refractivity contribution is 7.90. The maximum atomic E-state index is 10.7. The van der Waals surface area contributed by atoms with Crippen molar-refractivity contribution < 1.29 is 17.9 Å². The molecule has 0 aliphatic carbocycles. The molecule has 0 aromatic rings. The number of hydrogen-bond acceptors (Lipinski definition) is 4. The van der Waals surface area contributed by atoms with Crippen molar-refractivity contribution in [1.82, 2.24) is 0 Å². The Hall–Kier alpha value is -0.580. The topological polar surface area (TPSA) is 60.4 Å². The molecular weight excluding hydrogens is 168 g/mol. The van der Waals surface area contributed by atoms with E-state index in [1.54, 1.807) is 13.8 Å². The molecule has 0 heterocycles. The minimum atomic E-state index is -3.09. The SMILES string of the molecule is CC(C)(CS(C)(=O)=O)OC=O. The van der Waals surface area contributed by atoms with Crippen LogP contribution in [0, 0.1) is 0 Å². The summed E-state index contributed by atoms with van der Waals surface area (Å²) in [5.41, 5.74) is -0.921. The van der Waals surface area contributed by atoms with E-state index < -0.39 is 15.4 Å². The molecule has 0 N–H and O–H groups in total. The summed E-state index contributed by atoms with van der Waals surface area (Å²) in [5.74, 6) is -0.154. The first-order valence-corrected chi connectivity index (χ1v) is 5.12. The van der Waals surface area contributed by atoms with Gasteiger partial charge in [0.15, 0.2) is 9.84 Å². The lowest BCUT2D eigenvalue weighted by molar-refractivity contribution is -0.138. The molecule has 0 spiro atoms. The lowest BCUT2D eigenvalue weighted by atomic mass is 10.2. The van der Waals surface area contributed by atoms with Gasteiger partial charge >= 0.3 is 0 Å². The first-order valence-electron chi connectivity index (χ1n) is 3.06. The average Bonchev–Trinajstić information content (AvgIpc) is 1.55. The maximum absolute atomic E-state index is 10.7. The molecule has 0 radical (unpaired) electrons. The number of ether oxygens (including phenoxy) is 1. The summed E-state index contributed by atoms with van der Waals surface area (Å²) < 4.78 is 26.0. The Bertz CT molecular complexity index is 227. The third-order valence-electron chi connectivity index (χ3n) is 0.977. The Morgan fingerprint density at radius 2 is 1.91 bits per heavy atom. The normalized spacial score (nSPS) is 12.6. The van der Waals surface area contributed by atoms with E-state index in [9.17, 15) is 13.2 Å². The van der Waals surface area contributed by atoms with E-state index in [-0.39, 0.29) is 12.2 Å². The van der Waals surface area contributed by atoms with E-state index in [0.717, 1.165) is 6.26 Å². The number of carbonyl (C=O) groups is 1. The zero-order chi connectivity index (χ0) is 9.12. The molecule has 0 unspecified atom stereocenters. The summed E-state index contributed by atoms with van der Waals surface area (Å²) in [6, 6.07) is 0. The second-order valence-corrected chi connectivity index (χ2v) is 5.18. The van der Waals surface area contributed by atoms with E-state index >= 15 is 0 Å². The van der Waals surface area contributed by atoms with Crippen LogP contribution in [0.2, 0.25) is 0 Å². The van der Waals surface area contributed by atoms with Crippen LogP contribution in [0.4, 0.5) is 0 Å². The summed E-state index contributed by atoms with van der Waals surface area (Å²) in [5, 5.41) is 0. The van der Waals surface area contributed by atoms with Crippen molar-refractivity contribution in [1.29, 1.82) is 0 Å². The molecule has 11 heavy (non-hydrogen) atoms. The zero-order valence-electron chi connectivity index (χ0n) is 6.83. The lowest BCUT2D eigenvalue weighted by Gasteiger charge is -2.20. The molecule has 0 fully saturated rings.